The molecular formula is C22H20ClNO2. The van der Waals surface area contributed by atoms with E-state index in [0.29, 0.717) is 23.1 Å². The van der Waals surface area contributed by atoms with Crippen molar-refractivity contribution in [2.45, 2.75) is 13.5 Å². The number of aliphatic imine (C=N–C) groups is 1. The number of para-hydroxylation sites is 1. The fourth-order valence-electron chi connectivity index (χ4n) is 2.51. The Kier molecular flexibility index (Phi) is 5.92. The highest BCUT2D eigenvalue weighted by atomic mass is 35.5. The number of nitrogens with zero attached hydrogens (tertiary/aromatic N) is 1. The van der Waals surface area contributed by atoms with E-state index in [9.17, 15) is 0 Å². The van der Waals surface area contributed by atoms with E-state index in [1.165, 1.54) is 0 Å². The smallest absolute Gasteiger partial charge is 0.161 e. The van der Waals surface area contributed by atoms with Crippen LogP contribution >= 0.6 is 11.6 Å². The lowest BCUT2D eigenvalue weighted by molar-refractivity contribution is 0.284. The van der Waals surface area contributed by atoms with Crippen molar-refractivity contribution in [3.63, 3.8) is 0 Å². The van der Waals surface area contributed by atoms with Crippen LogP contribution < -0.4 is 9.47 Å². The monoisotopic (exact) mass is 365 g/mol. The van der Waals surface area contributed by atoms with Gasteiger partial charge in [0.1, 0.15) is 6.61 Å². The molecule has 3 nitrogen and oxygen atoms in total. The highest BCUT2D eigenvalue weighted by molar-refractivity contribution is 6.31. The predicted molar refractivity (Wildman–Crippen MR) is 107 cm³/mol. The third kappa shape index (κ3) is 4.44. The summed E-state index contributed by atoms with van der Waals surface area (Å²) in [6.07, 6.45) is 1.82. The van der Waals surface area contributed by atoms with Crippen molar-refractivity contribution in [1.29, 1.82) is 0 Å². The zero-order valence-corrected chi connectivity index (χ0v) is 15.5. The molecule has 0 N–H and O–H groups in total. The number of aryl methyl sites for hydroxylation is 1. The standard InChI is InChI=1S/C22H20ClNO2/c1-16-7-3-6-10-20(16)24-14-17-11-12-21(22(13-17)25-2)26-15-18-8-4-5-9-19(18)23/h3-14H,15H2,1-2H3. The number of halogens is 1. The molecule has 0 fully saturated rings. The van der Waals surface area contributed by atoms with Gasteiger partial charge in [-0.25, -0.2) is 0 Å². The SMILES string of the molecule is COc1cc(C=Nc2ccccc2C)ccc1OCc1ccccc1Cl. The molecule has 0 unspecified atom stereocenters. The van der Waals surface area contributed by atoms with Crippen molar-refractivity contribution in [3.8, 4) is 11.5 Å². The summed E-state index contributed by atoms with van der Waals surface area (Å²) in [6.45, 7) is 2.42. The van der Waals surface area contributed by atoms with Gasteiger partial charge < -0.3 is 9.47 Å². The lowest BCUT2D eigenvalue weighted by Crippen LogP contribution is -1.99. The van der Waals surface area contributed by atoms with Crippen LogP contribution in [0, 0.1) is 6.92 Å². The summed E-state index contributed by atoms with van der Waals surface area (Å²) in [5.74, 6) is 1.33. The Morgan fingerprint density at radius 1 is 0.962 bits per heavy atom. The number of ether oxygens (including phenoxy) is 2. The molecule has 0 radical (unpaired) electrons. The highest BCUT2D eigenvalue weighted by Gasteiger charge is 2.07. The normalized spacial score (nSPS) is 10.9. The fraction of sp³-hybridized carbons (Fsp3) is 0.136. The minimum Gasteiger partial charge on any atom is -0.493 e. The fourth-order valence-corrected chi connectivity index (χ4v) is 2.70. The lowest BCUT2D eigenvalue weighted by atomic mass is 10.2. The first-order valence-electron chi connectivity index (χ1n) is 8.31. The molecule has 0 amide bonds. The zero-order valence-electron chi connectivity index (χ0n) is 14.8. The van der Waals surface area contributed by atoms with Gasteiger partial charge in [0.25, 0.3) is 0 Å². The van der Waals surface area contributed by atoms with Crippen molar-refractivity contribution < 1.29 is 9.47 Å². The van der Waals surface area contributed by atoms with Crippen molar-refractivity contribution in [1.82, 2.24) is 0 Å². The minimum absolute atomic E-state index is 0.382. The molecule has 0 aliphatic carbocycles. The van der Waals surface area contributed by atoms with Crippen LogP contribution in [0.3, 0.4) is 0 Å². The number of hydrogen-bond donors (Lipinski definition) is 0. The van der Waals surface area contributed by atoms with Crippen molar-refractivity contribution in [3.05, 3.63) is 88.4 Å². The van der Waals surface area contributed by atoms with E-state index in [4.69, 9.17) is 21.1 Å². The van der Waals surface area contributed by atoms with E-state index in [2.05, 4.69) is 4.99 Å². The summed E-state index contributed by atoms with van der Waals surface area (Å²) in [5, 5.41) is 0.688. The molecule has 4 heteroatoms. The number of hydrogen-bond acceptors (Lipinski definition) is 3. The molecule has 3 aromatic rings. The van der Waals surface area contributed by atoms with E-state index < -0.39 is 0 Å². The van der Waals surface area contributed by atoms with Crippen molar-refractivity contribution in [2.75, 3.05) is 7.11 Å². The van der Waals surface area contributed by atoms with Crippen LogP contribution in [0.25, 0.3) is 0 Å². The molecule has 3 rings (SSSR count). The summed E-state index contributed by atoms with van der Waals surface area (Å²) < 4.78 is 11.3. The minimum atomic E-state index is 0.382. The molecule has 0 saturated heterocycles. The van der Waals surface area contributed by atoms with Crippen LogP contribution in [-0.4, -0.2) is 13.3 Å². The molecule has 0 aliphatic rings. The third-order valence-electron chi connectivity index (χ3n) is 4.00. The van der Waals surface area contributed by atoms with Crippen LogP contribution in [0.1, 0.15) is 16.7 Å². The van der Waals surface area contributed by atoms with Crippen molar-refractivity contribution in [2.24, 2.45) is 4.99 Å². The summed E-state index contributed by atoms with van der Waals surface area (Å²) in [6, 6.07) is 21.4. The van der Waals surface area contributed by atoms with E-state index >= 15 is 0 Å². The first-order chi connectivity index (χ1) is 12.7. The second-order valence-corrected chi connectivity index (χ2v) is 6.24. The van der Waals surface area contributed by atoms with Crippen LogP contribution in [0.15, 0.2) is 71.7 Å². The Balaban J connectivity index is 1.75. The van der Waals surface area contributed by atoms with E-state index in [1.807, 2.05) is 79.9 Å². The molecule has 0 saturated carbocycles. The number of benzene rings is 3. The van der Waals surface area contributed by atoms with Gasteiger partial charge in [0, 0.05) is 16.8 Å². The molecule has 26 heavy (non-hydrogen) atoms. The largest absolute Gasteiger partial charge is 0.493 e. The van der Waals surface area contributed by atoms with Gasteiger partial charge >= 0.3 is 0 Å². The number of rotatable bonds is 6. The van der Waals surface area contributed by atoms with Crippen LogP contribution in [0.4, 0.5) is 5.69 Å². The zero-order chi connectivity index (χ0) is 18.4. The first-order valence-corrected chi connectivity index (χ1v) is 8.69. The van der Waals surface area contributed by atoms with Crippen molar-refractivity contribution >= 4 is 23.5 Å². The summed E-state index contributed by atoms with van der Waals surface area (Å²) in [5.41, 5.74) is 3.96. The van der Waals surface area contributed by atoms with Crippen LogP contribution in [0.5, 0.6) is 11.5 Å². The van der Waals surface area contributed by atoms with Gasteiger partial charge in [0.05, 0.1) is 12.8 Å². The Morgan fingerprint density at radius 3 is 2.50 bits per heavy atom. The Hall–Kier alpha value is -2.78. The molecule has 0 aromatic heterocycles. The van der Waals surface area contributed by atoms with E-state index in [0.717, 1.165) is 22.4 Å². The Labute approximate surface area is 158 Å². The predicted octanol–water partition coefficient (Wildman–Crippen LogP) is 5.99. The van der Waals surface area contributed by atoms with E-state index in [-0.39, 0.29) is 0 Å². The van der Waals surface area contributed by atoms with Gasteiger partial charge in [-0.1, -0.05) is 48.0 Å². The maximum atomic E-state index is 6.17. The lowest BCUT2D eigenvalue weighted by Gasteiger charge is -2.12. The van der Waals surface area contributed by atoms with Gasteiger partial charge in [-0.05, 0) is 48.4 Å². The van der Waals surface area contributed by atoms with Gasteiger partial charge in [0.15, 0.2) is 11.5 Å². The van der Waals surface area contributed by atoms with Gasteiger partial charge in [0.2, 0.25) is 0 Å². The maximum absolute atomic E-state index is 6.17. The molecule has 0 atom stereocenters. The van der Waals surface area contributed by atoms with Crippen LogP contribution in [-0.2, 0) is 6.61 Å². The van der Waals surface area contributed by atoms with Gasteiger partial charge in [-0.3, -0.25) is 4.99 Å². The topological polar surface area (TPSA) is 30.8 Å². The highest BCUT2D eigenvalue weighted by Crippen LogP contribution is 2.29. The van der Waals surface area contributed by atoms with E-state index in [1.54, 1.807) is 7.11 Å². The number of methoxy groups -OCH3 is 1. The molecule has 0 aliphatic heterocycles. The van der Waals surface area contributed by atoms with Crippen LogP contribution in [0.2, 0.25) is 5.02 Å². The first kappa shape index (κ1) is 18.0. The molecule has 132 valence electrons. The molecule has 0 spiro atoms. The molecule has 0 bridgehead atoms. The van der Waals surface area contributed by atoms with Gasteiger partial charge in [-0.15, -0.1) is 0 Å². The quantitative estimate of drug-likeness (QED) is 0.502. The molecular weight excluding hydrogens is 346 g/mol. The van der Waals surface area contributed by atoms with Gasteiger partial charge in [-0.2, -0.15) is 0 Å². The second kappa shape index (κ2) is 8.54. The molecule has 3 aromatic carbocycles. The summed E-state index contributed by atoms with van der Waals surface area (Å²) >= 11 is 6.17. The maximum Gasteiger partial charge on any atom is 0.161 e. The Morgan fingerprint density at radius 2 is 1.73 bits per heavy atom. The average molecular weight is 366 g/mol. The second-order valence-electron chi connectivity index (χ2n) is 5.84. The molecule has 0 heterocycles. The summed E-state index contributed by atoms with van der Waals surface area (Å²) in [4.78, 5) is 4.55. The average Bonchev–Trinajstić information content (AvgIpc) is 2.67. The third-order valence-corrected chi connectivity index (χ3v) is 4.37. The Bertz CT molecular complexity index is 922. The summed E-state index contributed by atoms with van der Waals surface area (Å²) in [7, 11) is 1.62.